The van der Waals surface area contributed by atoms with E-state index in [1.54, 1.807) is 6.20 Å². The molecule has 100 valence electrons. The Morgan fingerprint density at radius 1 is 1.44 bits per heavy atom. The molecule has 1 aromatic rings. The molecule has 0 saturated carbocycles. The van der Waals surface area contributed by atoms with E-state index in [2.05, 4.69) is 9.88 Å². The van der Waals surface area contributed by atoms with Gasteiger partial charge >= 0.3 is 0 Å². The summed E-state index contributed by atoms with van der Waals surface area (Å²) in [6, 6.07) is 3.74. The first kappa shape index (κ1) is 13.6. The Kier molecular flexibility index (Phi) is 5.23. The van der Waals surface area contributed by atoms with Gasteiger partial charge in [0.15, 0.2) is 0 Å². The molecule has 0 amide bonds. The monoisotopic (exact) mass is 269 g/mol. The van der Waals surface area contributed by atoms with Crippen LogP contribution >= 0.6 is 11.6 Å². The van der Waals surface area contributed by atoms with Gasteiger partial charge in [-0.25, -0.2) is 4.98 Å². The minimum absolute atomic E-state index is 0.357. The molecule has 1 aromatic heterocycles. The molecule has 0 bridgehead atoms. The largest absolute Gasteiger partial charge is 0.378 e. The predicted octanol–water partition coefficient (Wildman–Crippen LogP) is 2.07. The van der Waals surface area contributed by atoms with Gasteiger partial charge in [0, 0.05) is 25.9 Å². The van der Waals surface area contributed by atoms with Crippen LogP contribution in [0.5, 0.6) is 0 Å². The standard InChI is InChI=1S/C13H20ClN3O/c14-12-3-1-7-16-13(12)17-8-4-11(5-9-17)18-10-2-6-15/h1,3,7,11H,2,4-6,8-10,15H2. The summed E-state index contributed by atoms with van der Waals surface area (Å²) in [7, 11) is 0. The number of nitrogens with two attached hydrogens (primary N) is 1. The van der Waals surface area contributed by atoms with E-state index in [4.69, 9.17) is 22.1 Å². The maximum atomic E-state index is 6.15. The molecule has 2 N–H and O–H groups in total. The van der Waals surface area contributed by atoms with E-state index < -0.39 is 0 Å². The van der Waals surface area contributed by atoms with Crippen molar-refractivity contribution in [1.82, 2.24) is 4.98 Å². The maximum Gasteiger partial charge on any atom is 0.147 e. The molecular formula is C13H20ClN3O. The number of anilines is 1. The van der Waals surface area contributed by atoms with Gasteiger partial charge in [0.05, 0.1) is 11.1 Å². The molecular weight excluding hydrogens is 250 g/mol. The van der Waals surface area contributed by atoms with Crippen LogP contribution in [0.15, 0.2) is 18.3 Å². The third kappa shape index (κ3) is 3.57. The topological polar surface area (TPSA) is 51.4 Å². The lowest BCUT2D eigenvalue weighted by Crippen LogP contribution is -2.37. The van der Waals surface area contributed by atoms with Crippen LogP contribution in [0.1, 0.15) is 19.3 Å². The predicted molar refractivity (Wildman–Crippen MR) is 74.1 cm³/mol. The first-order valence-corrected chi connectivity index (χ1v) is 6.86. The first-order chi connectivity index (χ1) is 8.81. The van der Waals surface area contributed by atoms with Crippen molar-refractivity contribution in [1.29, 1.82) is 0 Å². The van der Waals surface area contributed by atoms with Gasteiger partial charge in [0.1, 0.15) is 5.82 Å². The Bertz CT molecular complexity index is 367. The molecule has 0 unspecified atom stereocenters. The van der Waals surface area contributed by atoms with E-state index in [0.29, 0.717) is 12.6 Å². The van der Waals surface area contributed by atoms with Crippen LogP contribution < -0.4 is 10.6 Å². The molecule has 0 spiro atoms. The summed E-state index contributed by atoms with van der Waals surface area (Å²) in [5, 5.41) is 0.722. The zero-order chi connectivity index (χ0) is 12.8. The number of hydrogen-bond donors (Lipinski definition) is 1. The van der Waals surface area contributed by atoms with E-state index in [1.807, 2.05) is 12.1 Å². The van der Waals surface area contributed by atoms with E-state index in [1.165, 1.54) is 0 Å². The third-order valence-corrected chi connectivity index (χ3v) is 3.48. The van der Waals surface area contributed by atoms with Crippen molar-refractivity contribution < 1.29 is 4.74 Å². The van der Waals surface area contributed by atoms with Crippen molar-refractivity contribution in [3.05, 3.63) is 23.4 Å². The number of nitrogens with zero attached hydrogens (tertiary/aromatic N) is 2. The van der Waals surface area contributed by atoms with Gasteiger partial charge in [0.2, 0.25) is 0 Å². The van der Waals surface area contributed by atoms with E-state index in [-0.39, 0.29) is 0 Å². The molecule has 4 nitrogen and oxygen atoms in total. The van der Waals surface area contributed by atoms with E-state index in [9.17, 15) is 0 Å². The van der Waals surface area contributed by atoms with Crippen molar-refractivity contribution in [2.75, 3.05) is 31.1 Å². The highest BCUT2D eigenvalue weighted by Gasteiger charge is 2.21. The Hall–Kier alpha value is -0.840. The van der Waals surface area contributed by atoms with Gasteiger partial charge in [-0.05, 0) is 37.9 Å². The molecule has 1 saturated heterocycles. The van der Waals surface area contributed by atoms with Crippen LogP contribution in [0.25, 0.3) is 0 Å². The molecule has 0 radical (unpaired) electrons. The lowest BCUT2D eigenvalue weighted by molar-refractivity contribution is 0.0365. The van der Waals surface area contributed by atoms with Gasteiger partial charge in [-0.2, -0.15) is 0 Å². The Balaban J connectivity index is 1.81. The van der Waals surface area contributed by atoms with E-state index >= 15 is 0 Å². The van der Waals surface area contributed by atoms with Crippen molar-refractivity contribution in [2.24, 2.45) is 5.73 Å². The fourth-order valence-corrected chi connectivity index (χ4v) is 2.42. The molecule has 0 atom stereocenters. The number of pyridine rings is 1. The van der Waals surface area contributed by atoms with Gasteiger partial charge in [-0.3, -0.25) is 0 Å². The molecule has 2 rings (SSSR count). The van der Waals surface area contributed by atoms with Crippen molar-refractivity contribution in [2.45, 2.75) is 25.4 Å². The summed E-state index contributed by atoms with van der Waals surface area (Å²) in [6.07, 6.45) is 5.13. The Morgan fingerprint density at radius 3 is 2.89 bits per heavy atom. The molecule has 1 fully saturated rings. The number of hydrogen-bond acceptors (Lipinski definition) is 4. The molecule has 1 aliphatic rings. The molecule has 0 aromatic carbocycles. The fraction of sp³-hybridized carbons (Fsp3) is 0.615. The van der Waals surface area contributed by atoms with Gasteiger partial charge in [0.25, 0.3) is 0 Å². The van der Waals surface area contributed by atoms with Gasteiger partial charge in [-0.1, -0.05) is 11.6 Å². The lowest BCUT2D eigenvalue weighted by Gasteiger charge is -2.33. The molecule has 0 aliphatic carbocycles. The summed E-state index contributed by atoms with van der Waals surface area (Å²) < 4.78 is 5.78. The summed E-state index contributed by atoms with van der Waals surface area (Å²) >= 11 is 6.15. The van der Waals surface area contributed by atoms with Crippen LogP contribution in [-0.4, -0.2) is 37.3 Å². The zero-order valence-electron chi connectivity index (χ0n) is 10.5. The highest BCUT2D eigenvalue weighted by atomic mass is 35.5. The van der Waals surface area contributed by atoms with E-state index in [0.717, 1.165) is 49.8 Å². The number of piperidine rings is 1. The summed E-state index contributed by atoms with van der Waals surface area (Å²) in [5.74, 6) is 0.888. The van der Waals surface area contributed by atoms with Crippen LogP contribution in [0.3, 0.4) is 0 Å². The molecule has 1 aliphatic heterocycles. The van der Waals surface area contributed by atoms with Crippen molar-refractivity contribution in [3.63, 3.8) is 0 Å². The second kappa shape index (κ2) is 6.92. The molecule has 18 heavy (non-hydrogen) atoms. The van der Waals surface area contributed by atoms with Crippen LogP contribution in [-0.2, 0) is 4.74 Å². The Morgan fingerprint density at radius 2 is 2.22 bits per heavy atom. The van der Waals surface area contributed by atoms with Crippen LogP contribution in [0.4, 0.5) is 5.82 Å². The minimum Gasteiger partial charge on any atom is -0.378 e. The second-order valence-electron chi connectivity index (χ2n) is 4.51. The lowest BCUT2D eigenvalue weighted by atomic mass is 10.1. The SMILES string of the molecule is NCCCOC1CCN(c2ncccc2Cl)CC1. The van der Waals surface area contributed by atoms with Crippen molar-refractivity contribution >= 4 is 17.4 Å². The van der Waals surface area contributed by atoms with Crippen LogP contribution in [0, 0.1) is 0 Å². The quantitative estimate of drug-likeness (QED) is 0.832. The second-order valence-corrected chi connectivity index (χ2v) is 4.92. The highest BCUT2D eigenvalue weighted by Crippen LogP contribution is 2.26. The number of halogens is 1. The third-order valence-electron chi connectivity index (χ3n) is 3.18. The number of rotatable bonds is 5. The fourth-order valence-electron chi connectivity index (χ4n) is 2.18. The van der Waals surface area contributed by atoms with Crippen molar-refractivity contribution in [3.8, 4) is 0 Å². The number of ether oxygens (including phenoxy) is 1. The summed E-state index contributed by atoms with van der Waals surface area (Å²) in [5.41, 5.74) is 5.45. The smallest absolute Gasteiger partial charge is 0.147 e. The molecule has 2 heterocycles. The average Bonchev–Trinajstić information content (AvgIpc) is 2.41. The normalized spacial score (nSPS) is 17.1. The molecule has 5 heteroatoms. The minimum atomic E-state index is 0.357. The Labute approximate surface area is 113 Å². The van der Waals surface area contributed by atoms with Crippen LogP contribution in [0.2, 0.25) is 5.02 Å². The number of aromatic nitrogens is 1. The zero-order valence-corrected chi connectivity index (χ0v) is 11.3. The van der Waals surface area contributed by atoms with Gasteiger partial charge in [-0.15, -0.1) is 0 Å². The van der Waals surface area contributed by atoms with Gasteiger partial charge < -0.3 is 15.4 Å². The summed E-state index contributed by atoms with van der Waals surface area (Å²) in [6.45, 7) is 3.36. The highest BCUT2D eigenvalue weighted by molar-refractivity contribution is 6.32. The maximum absolute atomic E-state index is 6.15. The average molecular weight is 270 g/mol. The summed E-state index contributed by atoms with van der Waals surface area (Å²) in [4.78, 5) is 6.57. The first-order valence-electron chi connectivity index (χ1n) is 6.48.